The van der Waals surface area contributed by atoms with Gasteiger partial charge in [0.25, 0.3) is 0 Å². The molecule has 0 unspecified atom stereocenters. The van der Waals surface area contributed by atoms with Crippen LogP contribution >= 0.6 is 0 Å². The first-order chi connectivity index (χ1) is 9.61. The van der Waals surface area contributed by atoms with Gasteiger partial charge in [-0.15, -0.1) is 0 Å². The van der Waals surface area contributed by atoms with E-state index in [1.54, 1.807) is 0 Å². The maximum absolute atomic E-state index is 12.0. The fourth-order valence-electron chi connectivity index (χ4n) is 3.33. The predicted molar refractivity (Wildman–Crippen MR) is 82.8 cm³/mol. The Morgan fingerprint density at radius 2 is 1.85 bits per heavy atom. The molecule has 2 rings (SSSR count). The second-order valence-electron chi connectivity index (χ2n) is 6.80. The Bertz CT molecular complexity index is 305. The maximum Gasteiger partial charge on any atom is 0.221 e. The van der Waals surface area contributed by atoms with Crippen molar-refractivity contribution in [2.45, 2.75) is 69.9 Å². The van der Waals surface area contributed by atoms with E-state index in [9.17, 15) is 4.79 Å². The van der Waals surface area contributed by atoms with Gasteiger partial charge >= 0.3 is 0 Å². The summed E-state index contributed by atoms with van der Waals surface area (Å²) in [5, 5.41) is 6.62. The van der Waals surface area contributed by atoms with Crippen LogP contribution in [0.3, 0.4) is 0 Å². The molecule has 4 nitrogen and oxygen atoms in total. The average Bonchev–Trinajstić information content (AvgIpc) is 2.48. The molecule has 0 aromatic carbocycles. The van der Waals surface area contributed by atoms with Crippen LogP contribution in [-0.4, -0.2) is 49.1 Å². The molecular formula is C16H31N3O. The number of piperidine rings is 1. The molecule has 1 saturated carbocycles. The van der Waals surface area contributed by atoms with Crippen molar-refractivity contribution in [2.75, 3.05) is 26.7 Å². The molecule has 1 heterocycles. The normalized spacial score (nSPS) is 24.5. The molecule has 4 heteroatoms. The average molecular weight is 281 g/mol. The number of likely N-dealkylation sites (tertiary alicyclic amines) is 1. The summed E-state index contributed by atoms with van der Waals surface area (Å²) in [6.45, 7) is 5.42. The fourth-order valence-corrected chi connectivity index (χ4v) is 3.33. The van der Waals surface area contributed by atoms with E-state index in [0.29, 0.717) is 18.0 Å². The van der Waals surface area contributed by atoms with E-state index >= 15 is 0 Å². The largest absolute Gasteiger partial charge is 0.353 e. The molecule has 1 saturated heterocycles. The van der Waals surface area contributed by atoms with Crippen LogP contribution in [0.5, 0.6) is 0 Å². The molecule has 1 amide bonds. The van der Waals surface area contributed by atoms with E-state index in [-0.39, 0.29) is 5.91 Å². The molecule has 0 spiro atoms. The number of amides is 1. The van der Waals surface area contributed by atoms with E-state index in [1.165, 1.54) is 44.9 Å². The number of rotatable bonds is 5. The smallest absolute Gasteiger partial charge is 0.221 e. The van der Waals surface area contributed by atoms with Crippen LogP contribution in [0.4, 0.5) is 0 Å². The van der Waals surface area contributed by atoms with E-state index in [1.807, 2.05) is 7.05 Å². The Labute approximate surface area is 123 Å². The van der Waals surface area contributed by atoms with Crippen molar-refractivity contribution in [1.82, 2.24) is 15.5 Å². The standard InChI is InChI=1S/C16H31N3O/c1-16(17-2)9-12-19(13-10-16)11-8-15(20)18-14-6-4-3-5-7-14/h14,17H,3-13H2,1-2H3,(H,18,20). The van der Waals surface area contributed by atoms with Gasteiger partial charge in [-0.2, -0.15) is 0 Å². The summed E-state index contributed by atoms with van der Waals surface area (Å²) in [7, 11) is 2.05. The van der Waals surface area contributed by atoms with Gasteiger partial charge in [-0.3, -0.25) is 4.79 Å². The van der Waals surface area contributed by atoms with Crippen molar-refractivity contribution < 1.29 is 4.79 Å². The first kappa shape index (κ1) is 15.8. The highest BCUT2D eigenvalue weighted by Gasteiger charge is 2.28. The number of carbonyl (C=O) groups excluding carboxylic acids is 1. The number of hydrogen-bond acceptors (Lipinski definition) is 3. The van der Waals surface area contributed by atoms with Crippen LogP contribution in [-0.2, 0) is 4.79 Å². The Hall–Kier alpha value is -0.610. The maximum atomic E-state index is 12.0. The molecule has 2 aliphatic rings. The van der Waals surface area contributed by atoms with Gasteiger partial charge in [0.05, 0.1) is 0 Å². The van der Waals surface area contributed by atoms with Crippen LogP contribution in [0.25, 0.3) is 0 Å². The minimum Gasteiger partial charge on any atom is -0.353 e. The molecule has 0 bridgehead atoms. The van der Waals surface area contributed by atoms with Gasteiger partial charge in [-0.25, -0.2) is 0 Å². The zero-order chi connectivity index (χ0) is 14.4. The number of hydrogen-bond donors (Lipinski definition) is 2. The Morgan fingerprint density at radius 3 is 2.45 bits per heavy atom. The first-order valence-corrected chi connectivity index (χ1v) is 8.32. The van der Waals surface area contributed by atoms with Crippen LogP contribution in [0.15, 0.2) is 0 Å². The van der Waals surface area contributed by atoms with E-state index < -0.39 is 0 Å². The molecule has 0 aromatic rings. The molecule has 1 aliphatic heterocycles. The summed E-state index contributed by atoms with van der Waals surface area (Å²) in [5.74, 6) is 0.249. The lowest BCUT2D eigenvalue weighted by molar-refractivity contribution is -0.122. The van der Waals surface area contributed by atoms with E-state index in [2.05, 4.69) is 22.5 Å². The van der Waals surface area contributed by atoms with Gasteiger partial charge < -0.3 is 15.5 Å². The van der Waals surface area contributed by atoms with Gasteiger partial charge in [0.15, 0.2) is 0 Å². The van der Waals surface area contributed by atoms with Crippen LogP contribution in [0, 0.1) is 0 Å². The summed E-state index contributed by atoms with van der Waals surface area (Å²) < 4.78 is 0. The van der Waals surface area contributed by atoms with Crippen LogP contribution in [0.1, 0.15) is 58.3 Å². The van der Waals surface area contributed by atoms with Crippen LogP contribution < -0.4 is 10.6 Å². The Morgan fingerprint density at radius 1 is 1.20 bits per heavy atom. The third-order valence-electron chi connectivity index (χ3n) is 5.19. The summed E-state index contributed by atoms with van der Waals surface area (Å²) in [5.41, 5.74) is 0.293. The van der Waals surface area contributed by atoms with E-state index in [0.717, 1.165) is 19.6 Å². The quantitative estimate of drug-likeness (QED) is 0.809. The van der Waals surface area contributed by atoms with Crippen molar-refractivity contribution in [2.24, 2.45) is 0 Å². The monoisotopic (exact) mass is 281 g/mol. The summed E-state index contributed by atoms with van der Waals surface area (Å²) in [4.78, 5) is 14.4. The molecular weight excluding hydrogens is 250 g/mol. The lowest BCUT2D eigenvalue weighted by atomic mass is 9.90. The minimum atomic E-state index is 0.249. The van der Waals surface area contributed by atoms with Crippen molar-refractivity contribution in [3.8, 4) is 0 Å². The summed E-state index contributed by atoms with van der Waals surface area (Å²) in [6.07, 6.45) is 9.25. The Kier molecular flexibility index (Phi) is 5.85. The van der Waals surface area contributed by atoms with Crippen molar-refractivity contribution in [1.29, 1.82) is 0 Å². The van der Waals surface area contributed by atoms with Crippen molar-refractivity contribution in [3.63, 3.8) is 0 Å². The second-order valence-corrected chi connectivity index (χ2v) is 6.80. The lowest BCUT2D eigenvalue weighted by Gasteiger charge is -2.39. The number of carbonyl (C=O) groups is 1. The highest BCUT2D eigenvalue weighted by atomic mass is 16.1. The number of nitrogens with one attached hydrogen (secondary N) is 2. The minimum absolute atomic E-state index is 0.249. The third-order valence-corrected chi connectivity index (χ3v) is 5.19. The van der Waals surface area contributed by atoms with Crippen molar-refractivity contribution >= 4 is 5.91 Å². The lowest BCUT2D eigenvalue weighted by Crippen LogP contribution is -2.50. The molecule has 0 aromatic heterocycles. The van der Waals surface area contributed by atoms with Gasteiger partial charge in [-0.05, 0) is 52.7 Å². The molecule has 0 atom stereocenters. The topological polar surface area (TPSA) is 44.4 Å². The highest BCUT2D eigenvalue weighted by molar-refractivity contribution is 5.76. The third kappa shape index (κ3) is 4.74. The number of nitrogens with zero attached hydrogens (tertiary/aromatic N) is 1. The van der Waals surface area contributed by atoms with Crippen LogP contribution in [0.2, 0.25) is 0 Å². The molecule has 2 fully saturated rings. The van der Waals surface area contributed by atoms with Gasteiger partial charge in [0, 0.05) is 24.5 Å². The molecule has 20 heavy (non-hydrogen) atoms. The SMILES string of the molecule is CNC1(C)CCN(CCC(=O)NC2CCCCC2)CC1. The first-order valence-electron chi connectivity index (χ1n) is 8.32. The molecule has 116 valence electrons. The second kappa shape index (κ2) is 7.41. The highest BCUT2D eigenvalue weighted by Crippen LogP contribution is 2.21. The summed E-state index contributed by atoms with van der Waals surface area (Å²) in [6, 6.07) is 0.449. The molecule has 1 aliphatic carbocycles. The van der Waals surface area contributed by atoms with Gasteiger partial charge in [0.1, 0.15) is 0 Å². The predicted octanol–water partition coefficient (Wildman–Crippen LogP) is 1.90. The molecule has 2 N–H and O–H groups in total. The summed E-state index contributed by atoms with van der Waals surface area (Å²) >= 11 is 0. The van der Waals surface area contributed by atoms with Crippen molar-refractivity contribution in [3.05, 3.63) is 0 Å². The Balaban J connectivity index is 1.61. The van der Waals surface area contributed by atoms with Gasteiger partial charge in [0.2, 0.25) is 5.91 Å². The zero-order valence-corrected chi connectivity index (χ0v) is 13.2. The van der Waals surface area contributed by atoms with E-state index in [4.69, 9.17) is 0 Å². The zero-order valence-electron chi connectivity index (χ0n) is 13.2. The fraction of sp³-hybridized carbons (Fsp3) is 0.938. The molecule has 0 radical (unpaired) electrons. The van der Waals surface area contributed by atoms with Gasteiger partial charge in [-0.1, -0.05) is 19.3 Å².